The zero-order valence-electron chi connectivity index (χ0n) is 10.3. The van der Waals surface area contributed by atoms with Gasteiger partial charge in [-0.25, -0.2) is 13.6 Å². The number of halogens is 2. The Balaban J connectivity index is 2.46. The number of hydrogen-bond acceptors (Lipinski definition) is 3. The minimum absolute atomic E-state index is 0.358. The quantitative estimate of drug-likeness (QED) is 0.804. The third-order valence-electron chi connectivity index (χ3n) is 3.06. The number of carboxylic acid groups (broad SMARTS) is 1. The highest BCUT2D eigenvalue weighted by atomic mass is 19.2. The van der Waals surface area contributed by atoms with Crippen LogP contribution in [0.2, 0.25) is 0 Å². The van der Waals surface area contributed by atoms with Gasteiger partial charge in [-0.2, -0.15) is 0 Å². The van der Waals surface area contributed by atoms with Crippen molar-refractivity contribution in [3.05, 3.63) is 35.4 Å². The van der Waals surface area contributed by atoms with Crippen LogP contribution < -0.4 is 5.32 Å². The standard InChI is InChI=1S/C12H10F2N2O4/c1-12(6-3-2-4-7(13)9(6)14)10(19)16(5-8(17)18)11(20)15-12/h2-4H,5H2,1H3,(H,15,20)(H,17,18). The van der Waals surface area contributed by atoms with Crippen LogP contribution in [0.25, 0.3) is 0 Å². The molecule has 0 bridgehead atoms. The monoisotopic (exact) mass is 284 g/mol. The second kappa shape index (κ2) is 4.55. The molecule has 1 aliphatic heterocycles. The average molecular weight is 284 g/mol. The molecule has 2 N–H and O–H groups in total. The molecule has 0 radical (unpaired) electrons. The van der Waals surface area contributed by atoms with Crippen LogP contribution in [0.15, 0.2) is 18.2 Å². The number of imide groups is 1. The molecule has 1 aliphatic rings. The zero-order chi connectivity index (χ0) is 15.1. The lowest BCUT2D eigenvalue weighted by atomic mass is 9.91. The molecule has 8 heteroatoms. The van der Waals surface area contributed by atoms with Crippen LogP contribution in [0.1, 0.15) is 12.5 Å². The molecule has 1 heterocycles. The number of carbonyl (C=O) groups excluding carboxylic acids is 2. The maximum absolute atomic E-state index is 13.8. The summed E-state index contributed by atoms with van der Waals surface area (Å²) in [6, 6.07) is 2.25. The van der Waals surface area contributed by atoms with Crippen LogP contribution in [-0.4, -0.2) is 34.5 Å². The van der Waals surface area contributed by atoms with E-state index in [0.29, 0.717) is 4.90 Å². The summed E-state index contributed by atoms with van der Waals surface area (Å²) in [6.45, 7) is 0.337. The number of amides is 3. The van der Waals surface area contributed by atoms with Gasteiger partial charge in [0, 0.05) is 5.56 Å². The van der Waals surface area contributed by atoms with Crippen LogP contribution in [0.3, 0.4) is 0 Å². The van der Waals surface area contributed by atoms with E-state index in [9.17, 15) is 23.2 Å². The van der Waals surface area contributed by atoms with Gasteiger partial charge in [0.2, 0.25) is 0 Å². The van der Waals surface area contributed by atoms with Crippen molar-refractivity contribution in [1.82, 2.24) is 10.2 Å². The molecule has 1 atom stereocenters. The molecule has 0 aromatic heterocycles. The van der Waals surface area contributed by atoms with Crippen LogP contribution >= 0.6 is 0 Å². The number of carbonyl (C=O) groups is 3. The second-order valence-electron chi connectivity index (χ2n) is 4.44. The lowest BCUT2D eigenvalue weighted by Crippen LogP contribution is -2.42. The Kier molecular flexibility index (Phi) is 3.16. The van der Waals surface area contributed by atoms with E-state index in [1.54, 1.807) is 0 Å². The highest BCUT2D eigenvalue weighted by molar-refractivity contribution is 6.08. The summed E-state index contributed by atoms with van der Waals surface area (Å²) in [5.41, 5.74) is -2.19. The first-order chi connectivity index (χ1) is 9.27. The van der Waals surface area contributed by atoms with Gasteiger partial charge in [0.1, 0.15) is 12.1 Å². The first kappa shape index (κ1) is 13.9. The smallest absolute Gasteiger partial charge is 0.325 e. The van der Waals surface area contributed by atoms with Crippen molar-refractivity contribution in [2.45, 2.75) is 12.5 Å². The van der Waals surface area contributed by atoms with Gasteiger partial charge in [0.05, 0.1) is 0 Å². The molecule has 0 spiro atoms. The van der Waals surface area contributed by atoms with E-state index in [2.05, 4.69) is 5.32 Å². The molecule has 1 aromatic rings. The highest BCUT2D eigenvalue weighted by Gasteiger charge is 2.51. The predicted molar refractivity (Wildman–Crippen MR) is 61.6 cm³/mol. The number of rotatable bonds is 3. The molecule has 1 unspecified atom stereocenters. The Morgan fingerprint density at radius 1 is 1.40 bits per heavy atom. The summed E-state index contributed by atoms with van der Waals surface area (Å²) < 4.78 is 27.0. The van der Waals surface area contributed by atoms with E-state index in [1.165, 1.54) is 13.0 Å². The Labute approximate surface area is 112 Å². The molecule has 20 heavy (non-hydrogen) atoms. The normalized spacial score (nSPS) is 22.1. The van der Waals surface area contributed by atoms with Crippen molar-refractivity contribution in [3.63, 3.8) is 0 Å². The van der Waals surface area contributed by atoms with Gasteiger partial charge in [0.25, 0.3) is 5.91 Å². The maximum Gasteiger partial charge on any atom is 0.325 e. The third kappa shape index (κ3) is 1.98. The maximum atomic E-state index is 13.8. The second-order valence-corrected chi connectivity index (χ2v) is 4.44. The fraction of sp³-hybridized carbons (Fsp3) is 0.250. The third-order valence-corrected chi connectivity index (χ3v) is 3.06. The molecular weight excluding hydrogens is 274 g/mol. The van der Waals surface area contributed by atoms with Crippen LogP contribution in [-0.2, 0) is 15.1 Å². The molecule has 106 valence electrons. The fourth-order valence-electron chi connectivity index (χ4n) is 2.05. The fourth-order valence-corrected chi connectivity index (χ4v) is 2.05. The number of carboxylic acids is 1. The molecule has 0 aliphatic carbocycles. The van der Waals surface area contributed by atoms with E-state index in [0.717, 1.165) is 12.1 Å². The average Bonchev–Trinajstić information content (AvgIpc) is 2.57. The Morgan fingerprint density at radius 2 is 2.05 bits per heavy atom. The first-order valence-electron chi connectivity index (χ1n) is 5.57. The SMILES string of the molecule is CC1(c2cccc(F)c2F)NC(=O)N(CC(=O)O)C1=O. The number of nitrogens with zero attached hydrogens (tertiary/aromatic N) is 1. The predicted octanol–water partition coefficient (Wildman–Crippen LogP) is 0.816. The van der Waals surface area contributed by atoms with Crippen molar-refractivity contribution in [1.29, 1.82) is 0 Å². The summed E-state index contributed by atoms with van der Waals surface area (Å²) in [4.78, 5) is 34.8. The van der Waals surface area contributed by atoms with E-state index >= 15 is 0 Å². The van der Waals surface area contributed by atoms with E-state index in [1.807, 2.05) is 0 Å². The summed E-state index contributed by atoms with van der Waals surface area (Å²) in [6.07, 6.45) is 0. The van der Waals surface area contributed by atoms with Crippen molar-refractivity contribution >= 4 is 17.9 Å². The number of benzene rings is 1. The topological polar surface area (TPSA) is 86.7 Å². The van der Waals surface area contributed by atoms with Crippen LogP contribution in [0.5, 0.6) is 0 Å². The number of hydrogen-bond donors (Lipinski definition) is 2. The number of aliphatic carboxylic acids is 1. The summed E-state index contributed by atoms with van der Waals surface area (Å²) in [7, 11) is 0. The molecule has 3 amide bonds. The van der Waals surface area contributed by atoms with Crippen LogP contribution in [0, 0.1) is 11.6 Å². The van der Waals surface area contributed by atoms with Gasteiger partial charge in [-0.15, -0.1) is 0 Å². The first-order valence-corrected chi connectivity index (χ1v) is 5.57. The van der Waals surface area contributed by atoms with Gasteiger partial charge in [-0.1, -0.05) is 12.1 Å². The van der Waals surface area contributed by atoms with Gasteiger partial charge in [-0.05, 0) is 13.0 Å². The zero-order valence-corrected chi connectivity index (χ0v) is 10.3. The van der Waals surface area contributed by atoms with Gasteiger partial charge >= 0.3 is 12.0 Å². The lowest BCUT2D eigenvalue weighted by molar-refractivity contribution is -0.142. The van der Waals surface area contributed by atoms with Gasteiger partial charge in [0.15, 0.2) is 11.6 Å². The van der Waals surface area contributed by atoms with E-state index in [4.69, 9.17) is 5.11 Å². The Bertz CT molecular complexity index is 619. The van der Waals surface area contributed by atoms with Gasteiger partial charge in [-0.3, -0.25) is 14.5 Å². The minimum atomic E-state index is -1.83. The van der Waals surface area contributed by atoms with Gasteiger partial charge < -0.3 is 10.4 Å². The van der Waals surface area contributed by atoms with E-state index < -0.39 is 41.6 Å². The molecule has 1 saturated heterocycles. The Hall–Kier alpha value is -2.51. The van der Waals surface area contributed by atoms with Crippen molar-refractivity contribution in [3.8, 4) is 0 Å². The summed E-state index contributed by atoms with van der Waals surface area (Å²) in [5.74, 6) is -4.77. The van der Waals surface area contributed by atoms with Crippen LogP contribution in [0.4, 0.5) is 13.6 Å². The highest BCUT2D eigenvalue weighted by Crippen LogP contribution is 2.31. The summed E-state index contributed by atoms with van der Waals surface area (Å²) >= 11 is 0. The lowest BCUT2D eigenvalue weighted by Gasteiger charge is -2.22. The molecule has 1 aromatic carbocycles. The number of nitrogens with one attached hydrogen (secondary N) is 1. The molecule has 2 rings (SSSR count). The summed E-state index contributed by atoms with van der Waals surface area (Å²) in [5, 5.41) is 10.8. The van der Waals surface area contributed by atoms with Crippen molar-refractivity contribution in [2.24, 2.45) is 0 Å². The molecular formula is C12H10F2N2O4. The van der Waals surface area contributed by atoms with Crippen molar-refractivity contribution in [2.75, 3.05) is 6.54 Å². The minimum Gasteiger partial charge on any atom is -0.480 e. The Morgan fingerprint density at radius 3 is 2.65 bits per heavy atom. The molecule has 1 fully saturated rings. The molecule has 6 nitrogen and oxygen atoms in total. The van der Waals surface area contributed by atoms with E-state index in [-0.39, 0.29) is 5.56 Å². The largest absolute Gasteiger partial charge is 0.480 e. The van der Waals surface area contributed by atoms with Crippen molar-refractivity contribution < 1.29 is 28.3 Å². The molecule has 0 saturated carbocycles. The number of urea groups is 1.